The van der Waals surface area contributed by atoms with Gasteiger partial charge in [-0.2, -0.15) is 33.9 Å². The van der Waals surface area contributed by atoms with Crippen LogP contribution in [0, 0.1) is 27.7 Å². The molecule has 0 radical (unpaired) electrons. The van der Waals surface area contributed by atoms with E-state index in [0.717, 1.165) is 6.42 Å². The molecule has 0 aliphatic heterocycles. The van der Waals surface area contributed by atoms with E-state index in [1.165, 1.54) is 51.4 Å². The topological polar surface area (TPSA) is 0 Å². The van der Waals surface area contributed by atoms with Crippen LogP contribution in [0.2, 0.25) is 0 Å². The van der Waals surface area contributed by atoms with Crippen molar-refractivity contribution in [2.45, 2.75) is 60.8 Å². The Morgan fingerprint density at radius 1 is 1.04 bits per heavy atom. The number of benzene rings is 1. The van der Waals surface area contributed by atoms with Gasteiger partial charge in [0.25, 0.3) is 0 Å². The summed E-state index contributed by atoms with van der Waals surface area (Å²) in [7, 11) is 0. The molecule has 0 saturated carbocycles. The van der Waals surface area contributed by atoms with Gasteiger partial charge in [-0.1, -0.05) is 60.5 Å². The zero-order valence-corrected chi connectivity index (χ0v) is 22.5. The predicted molar refractivity (Wildman–Crippen MR) is 122 cm³/mol. The van der Waals surface area contributed by atoms with Gasteiger partial charge in [-0.3, -0.25) is 0 Å². The third-order valence-electron chi connectivity index (χ3n) is 5.18. The molecule has 0 N–H and O–H groups in total. The van der Waals surface area contributed by atoms with Crippen LogP contribution in [-0.2, 0) is 31.4 Å². The van der Waals surface area contributed by atoms with Gasteiger partial charge in [-0.25, -0.2) is 0 Å². The Morgan fingerprint density at radius 2 is 1.65 bits per heavy atom. The first kappa shape index (κ1) is 24.1. The summed E-state index contributed by atoms with van der Waals surface area (Å²) in [4.78, 5) is 0. The third-order valence-corrected chi connectivity index (χ3v) is 5.18. The fraction of sp³-hybridized carbons (Fsp3) is 0.391. The molecular formula is C23H30Br2Zr. The van der Waals surface area contributed by atoms with E-state index >= 15 is 0 Å². The van der Waals surface area contributed by atoms with Crippen molar-refractivity contribution >= 4 is 35.2 Å². The second-order valence-electron chi connectivity index (χ2n) is 6.65. The molecule has 3 rings (SSSR count). The molecule has 0 aliphatic rings. The molecule has 0 unspecified atom stereocenters. The zero-order chi connectivity index (χ0) is 19.7. The van der Waals surface area contributed by atoms with Crippen molar-refractivity contribution in [1.82, 2.24) is 0 Å². The van der Waals surface area contributed by atoms with Crippen molar-refractivity contribution in [2.75, 3.05) is 0 Å². The normalized spacial score (nSPS) is 9.85. The van der Waals surface area contributed by atoms with Gasteiger partial charge >= 0.3 is 43.0 Å². The Balaban J connectivity index is 0.000000227. The molecular weight excluding hydrogens is 527 g/mol. The Labute approximate surface area is 183 Å². The zero-order valence-electron chi connectivity index (χ0n) is 16.8. The summed E-state index contributed by atoms with van der Waals surface area (Å²) in [5.41, 5.74) is 9.06. The molecule has 0 amide bonds. The number of rotatable bonds is 3. The molecule has 0 heterocycles. The molecule has 3 aromatic rings. The molecule has 26 heavy (non-hydrogen) atoms. The van der Waals surface area contributed by atoms with Gasteiger partial charge in [0.15, 0.2) is 0 Å². The van der Waals surface area contributed by atoms with Crippen LogP contribution in [0.1, 0.15) is 53.6 Å². The molecule has 0 bridgehead atoms. The summed E-state index contributed by atoms with van der Waals surface area (Å²) >= 11 is 6.32. The second kappa shape index (κ2) is 12.5. The van der Waals surface area contributed by atoms with E-state index in [9.17, 15) is 0 Å². The number of fused-ring (bicyclic) bond motifs is 1. The van der Waals surface area contributed by atoms with Gasteiger partial charge in [-0.15, -0.1) is 40.6 Å². The number of hydrogen-bond donors (Lipinski definition) is 0. The third kappa shape index (κ3) is 6.57. The van der Waals surface area contributed by atoms with Crippen LogP contribution in [0.5, 0.6) is 0 Å². The maximum atomic E-state index is 3.23. The Morgan fingerprint density at radius 3 is 2.12 bits per heavy atom. The standard InChI is InChI=1S/C12H19.C11H11.2BrH.Zr/c1-6-7-12-10(4)8(2)9(3)11(12)5;1-2-9-7-10-5-3-4-6-11(10)8-9;;;/h6-7H2,1-5H3;3-8H,2H2,1H3;2*1H;/q2*-1;;;+4/p-2. The van der Waals surface area contributed by atoms with E-state index in [1.54, 1.807) is 5.56 Å². The van der Waals surface area contributed by atoms with E-state index in [-0.39, 0.29) is 18.5 Å². The fourth-order valence-electron chi connectivity index (χ4n) is 3.34. The van der Waals surface area contributed by atoms with Crippen molar-refractivity contribution in [3.05, 3.63) is 69.8 Å². The van der Waals surface area contributed by atoms with Gasteiger partial charge in [-0.05, 0) is 6.42 Å². The molecule has 0 fully saturated rings. The number of aryl methyl sites for hydroxylation is 1. The van der Waals surface area contributed by atoms with Gasteiger partial charge in [0, 0.05) is 0 Å². The van der Waals surface area contributed by atoms with Crippen LogP contribution in [0.3, 0.4) is 0 Å². The molecule has 0 atom stereocenters. The van der Waals surface area contributed by atoms with E-state index in [4.69, 9.17) is 0 Å². The monoisotopic (exact) mass is 554 g/mol. The first-order valence-corrected chi connectivity index (χ1v) is 20.5. The van der Waals surface area contributed by atoms with Gasteiger partial charge in [0.05, 0.1) is 0 Å². The quantitative estimate of drug-likeness (QED) is 0.284. The van der Waals surface area contributed by atoms with Crippen LogP contribution in [0.4, 0.5) is 0 Å². The second-order valence-corrected chi connectivity index (χ2v) is 18.0. The van der Waals surface area contributed by atoms with Gasteiger partial charge in [0.2, 0.25) is 0 Å². The summed E-state index contributed by atoms with van der Waals surface area (Å²) in [6.07, 6.45) is 3.63. The summed E-state index contributed by atoms with van der Waals surface area (Å²) in [5, 5.41) is 2.73. The minimum atomic E-state index is -0.145. The van der Waals surface area contributed by atoms with E-state index < -0.39 is 0 Å². The molecule has 3 aromatic carbocycles. The van der Waals surface area contributed by atoms with Crippen molar-refractivity contribution in [3.63, 3.8) is 0 Å². The minimum absolute atomic E-state index is 0.145. The predicted octanol–water partition coefficient (Wildman–Crippen LogP) is 8.40. The summed E-state index contributed by atoms with van der Waals surface area (Å²) in [6, 6.07) is 13.0. The van der Waals surface area contributed by atoms with Crippen LogP contribution in [0.25, 0.3) is 10.8 Å². The van der Waals surface area contributed by atoms with E-state index in [0.29, 0.717) is 0 Å². The maximum absolute atomic E-state index is 3.23. The van der Waals surface area contributed by atoms with Gasteiger partial charge < -0.3 is 0 Å². The van der Waals surface area contributed by atoms with E-state index in [1.807, 2.05) is 0 Å². The van der Waals surface area contributed by atoms with Crippen molar-refractivity contribution in [2.24, 2.45) is 0 Å². The Hall–Kier alpha value is 0.0231. The van der Waals surface area contributed by atoms with Crippen LogP contribution < -0.4 is 0 Å². The Kier molecular flexibility index (Phi) is 11.5. The SMILES string of the molecule is CCCc1c(C)c(C)c(C)[c-]1C.CCc1cc2ccccc2[cH-]1.[Br][Zr+2][Br]. The first-order valence-electron chi connectivity index (χ1n) is 9.23. The van der Waals surface area contributed by atoms with Gasteiger partial charge in [0.1, 0.15) is 0 Å². The number of hydrogen-bond acceptors (Lipinski definition) is 0. The van der Waals surface area contributed by atoms with Crippen molar-refractivity contribution in [1.29, 1.82) is 0 Å². The summed E-state index contributed by atoms with van der Waals surface area (Å²) < 4.78 is 0. The number of halogens is 2. The fourth-order valence-corrected chi connectivity index (χ4v) is 3.34. The Bertz CT molecular complexity index is 737. The average molecular weight is 558 g/mol. The van der Waals surface area contributed by atoms with Crippen LogP contribution >= 0.6 is 24.4 Å². The van der Waals surface area contributed by atoms with Crippen LogP contribution in [0.15, 0.2) is 36.4 Å². The molecule has 0 nitrogen and oxygen atoms in total. The van der Waals surface area contributed by atoms with Crippen LogP contribution in [-0.4, -0.2) is 0 Å². The molecule has 0 saturated heterocycles. The van der Waals surface area contributed by atoms with Crippen molar-refractivity contribution in [3.8, 4) is 0 Å². The molecule has 3 heteroatoms. The molecule has 0 aliphatic carbocycles. The van der Waals surface area contributed by atoms with Crippen molar-refractivity contribution < 1.29 is 18.5 Å². The average Bonchev–Trinajstić information content (AvgIpc) is 3.14. The first-order chi connectivity index (χ1) is 12.4. The molecule has 140 valence electrons. The molecule has 0 spiro atoms. The summed E-state index contributed by atoms with van der Waals surface area (Å²) in [6.45, 7) is 13.4. The molecule has 0 aromatic heterocycles. The summed E-state index contributed by atoms with van der Waals surface area (Å²) in [5.74, 6) is 0. The van der Waals surface area contributed by atoms with E-state index in [2.05, 4.69) is 102 Å².